The maximum Gasteiger partial charge on any atom is 0.410 e. The van der Waals surface area contributed by atoms with E-state index in [1.54, 1.807) is 11.0 Å². The van der Waals surface area contributed by atoms with Gasteiger partial charge >= 0.3 is 6.09 Å². The van der Waals surface area contributed by atoms with Gasteiger partial charge in [-0.2, -0.15) is 0 Å². The number of likely N-dealkylation sites (tertiary alicyclic amines) is 1. The second-order valence-corrected chi connectivity index (χ2v) is 5.55. The van der Waals surface area contributed by atoms with Gasteiger partial charge in [0.2, 0.25) is 0 Å². The molecule has 2 bridgehead atoms. The highest BCUT2D eigenvalue weighted by Crippen LogP contribution is 2.38. The van der Waals surface area contributed by atoms with Crippen molar-refractivity contribution in [1.82, 2.24) is 4.90 Å². The molecule has 2 heterocycles. The zero-order valence-electron chi connectivity index (χ0n) is 10.2. The lowest BCUT2D eigenvalue weighted by Gasteiger charge is -2.32. The normalized spacial score (nSPS) is 32.9. The van der Waals surface area contributed by atoms with Gasteiger partial charge in [-0.1, -0.05) is 6.08 Å². The summed E-state index contributed by atoms with van der Waals surface area (Å²) in [6.45, 7) is 10.6. The van der Waals surface area contributed by atoms with Crippen LogP contribution in [0.2, 0.25) is 0 Å². The molecule has 0 radical (unpaired) electrons. The van der Waals surface area contributed by atoms with Crippen molar-refractivity contribution >= 4 is 6.09 Å². The predicted octanol–water partition coefficient (Wildman–Crippen LogP) is 1.95. The van der Waals surface area contributed by atoms with Crippen molar-refractivity contribution in [1.29, 1.82) is 0 Å². The Bertz CT molecular complexity index is 321. The molecule has 2 unspecified atom stereocenters. The number of carbonyl (C=O) groups excluding carboxylic acids is 1. The Kier molecular flexibility index (Phi) is 2.49. The first-order valence-electron chi connectivity index (χ1n) is 5.62. The highest BCUT2D eigenvalue weighted by atomic mass is 16.6. The van der Waals surface area contributed by atoms with E-state index >= 15 is 0 Å². The third-order valence-corrected chi connectivity index (χ3v) is 3.02. The molecule has 0 aromatic heterocycles. The summed E-state index contributed by atoms with van der Waals surface area (Å²) in [5.41, 5.74) is -0.775. The number of hydrogen-bond acceptors (Lipinski definition) is 3. The van der Waals surface area contributed by atoms with Crippen LogP contribution < -0.4 is 0 Å². The van der Waals surface area contributed by atoms with Gasteiger partial charge in [-0.3, -0.25) is 4.90 Å². The fraction of sp³-hybridized carbons (Fsp3) is 0.750. The minimum Gasteiger partial charge on any atom is -0.444 e. The van der Waals surface area contributed by atoms with E-state index in [9.17, 15) is 4.79 Å². The van der Waals surface area contributed by atoms with Gasteiger partial charge in [0.05, 0.1) is 19.2 Å². The number of fused-ring (bicyclic) bond motifs is 2. The van der Waals surface area contributed by atoms with E-state index in [2.05, 4.69) is 6.58 Å². The standard InChI is InChI=1S/C12H19NO3/c1-5-12-6-9(7-15-12)13(8-12)10(14)16-11(2,3)4/h5,9H,1,6-8H2,2-4H3. The molecule has 90 valence electrons. The summed E-state index contributed by atoms with van der Waals surface area (Å²) in [7, 11) is 0. The number of rotatable bonds is 1. The Labute approximate surface area is 96.2 Å². The van der Waals surface area contributed by atoms with Crippen LogP contribution in [-0.4, -0.2) is 41.4 Å². The Morgan fingerprint density at radius 2 is 2.31 bits per heavy atom. The lowest BCUT2D eigenvalue weighted by atomic mass is 10.0. The highest BCUT2D eigenvalue weighted by molar-refractivity contribution is 5.69. The van der Waals surface area contributed by atoms with Crippen molar-refractivity contribution < 1.29 is 14.3 Å². The van der Waals surface area contributed by atoms with E-state index in [4.69, 9.17) is 9.47 Å². The van der Waals surface area contributed by atoms with E-state index < -0.39 is 5.60 Å². The van der Waals surface area contributed by atoms with Crippen molar-refractivity contribution in [3.8, 4) is 0 Å². The Hall–Kier alpha value is -1.03. The number of hydrogen-bond donors (Lipinski definition) is 0. The number of ether oxygens (including phenoxy) is 2. The van der Waals surface area contributed by atoms with Crippen LogP contribution >= 0.6 is 0 Å². The fourth-order valence-corrected chi connectivity index (χ4v) is 2.25. The van der Waals surface area contributed by atoms with Crippen molar-refractivity contribution in [3.63, 3.8) is 0 Å². The van der Waals surface area contributed by atoms with Gasteiger partial charge in [-0.25, -0.2) is 4.79 Å². The lowest BCUT2D eigenvalue weighted by molar-refractivity contribution is -0.0314. The monoisotopic (exact) mass is 225 g/mol. The summed E-state index contributed by atoms with van der Waals surface area (Å²) in [4.78, 5) is 13.7. The molecule has 0 N–H and O–H groups in total. The molecular weight excluding hydrogens is 206 g/mol. The molecule has 0 aliphatic carbocycles. The van der Waals surface area contributed by atoms with E-state index in [1.165, 1.54) is 0 Å². The van der Waals surface area contributed by atoms with Gasteiger partial charge in [-0.15, -0.1) is 6.58 Å². The third-order valence-electron chi connectivity index (χ3n) is 3.02. The van der Waals surface area contributed by atoms with Crippen LogP contribution in [0, 0.1) is 0 Å². The minimum atomic E-state index is -0.443. The molecule has 2 aliphatic rings. The third kappa shape index (κ3) is 1.94. The summed E-state index contributed by atoms with van der Waals surface area (Å²) < 4.78 is 11.0. The van der Waals surface area contributed by atoms with Gasteiger partial charge in [0.1, 0.15) is 11.2 Å². The quantitative estimate of drug-likeness (QED) is 0.640. The van der Waals surface area contributed by atoms with Crippen LogP contribution in [0.25, 0.3) is 0 Å². The zero-order valence-corrected chi connectivity index (χ0v) is 10.2. The number of nitrogens with zero attached hydrogens (tertiary/aromatic N) is 1. The SMILES string of the molecule is C=CC12CC(CO1)N(C(=O)OC(C)(C)C)C2. The molecule has 2 fully saturated rings. The average molecular weight is 225 g/mol. The minimum absolute atomic E-state index is 0.146. The molecule has 0 saturated carbocycles. The van der Waals surface area contributed by atoms with Crippen molar-refractivity contribution in [2.75, 3.05) is 13.2 Å². The van der Waals surface area contributed by atoms with Crippen molar-refractivity contribution in [2.45, 2.75) is 44.4 Å². The molecule has 16 heavy (non-hydrogen) atoms. The second kappa shape index (κ2) is 3.48. The average Bonchev–Trinajstić information content (AvgIpc) is 2.72. The summed E-state index contributed by atoms with van der Waals surface area (Å²) in [5.74, 6) is 0. The lowest BCUT2D eigenvalue weighted by Crippen LogP contribution is -2.46. The molecule has 4 nitrogen and oxygen atoms in total. The van der Waals surface area contributed by atoms with Gasteiger partial charge in [0.15, 0.2) is 0 Å². The Balaban J connectivity index is 2.03. The molecular formula is C12H19NO3. The van der Waals surface area contributed by atoms with Crippen LogP contribution in [0.15, 0.2) is 12.7 Å². The first kappa shape index (κ1) is 11.5. The van der Waals surface area contributed by atoms with Crippen LogP contribution in [-0.2, 0) is 9.47 Å². The maximum absolute atomic E-state index is 11.9. The first-order chi connectivity index (χ1) is 7.35. The van der Waals surface area contributed by atoms with E-state index in [-0.39, 0.29) is 17.7 Å². The summed E-state index contributed by atoms with van der Waals surface area (Å²) >= 11 is 0. The number of carbonyl (C=O) groups is 1. The summed E-state index contributed by atoms with van der Waals surface area (Å²) in [5, 5.41) is 0. The van der Waals surface area contributed by atoms with Gasteiger partial charge < -0.3 is 9.47 Å². The molecule has 0 aromatic rings. The second-order valence-electron chi connectivity index (χ2n) is 5.55. The molecule has 2 aliphatic heterocycles. The van der Waals surface area contributed by atoms with Crippen LogP contribution in [0.1, 0.15) is 27.2 Å². The molecule has 0 spiro atoms. The van der Waals surface area contributed by atoms with E-state index in [0.717, 1.165) is 6.42 Å². The van der Waals surface area contributed by atoms with Crippen LogP contribution in [0.5, 0.6) is 0 Å². The molecule has 1 amide bonds. The largest absolute Gasteiger partial charge is 0.444 e. The number of amides is 1. The smallest absolute Gasteiger partial charge is 0.410 e. The number of morpholine rings is 1. The van der Waals surface area contributed by atoms with Crippen molar-refractivity contribution in [3.05, 3.63) is 12.7 Å². The summed E-state index contributed by atoms with van der Waals surface area (Å²) in [6.07, 6.45) is 2.40. The van der Waals surface area contributed by atoms with Gasteiger partial charge in [-0.05, 0) is 20.8 Å². The molecule has 0 aromatic carbocycles. The molecule has 2 atom stereocenters. The maximum atomic E-state index is 11.9. The van der Waals surface area contributed by atoms with Crippen LogP contribution in [0.4, 0.5) is 4.79 Å². The highest BCUT2D eigenvalue weighted by Gasteiger charge is 2.51. The molecule has 2 rings (SSSR count). The van der Waals surface area contributed by atoms with E-state index in [1.807, 2.05) is 20.8 Å². The van der Waals surface area contributed by atoms with Crippen molar-refractivity contribution in [2.24, 2.45) is 0 Å². The predicted molar refractivity (Wildman–Crippen MR) is 60.2 cm³/mol. The zero-order chi connectivity index (χ0) is 12.0. The fourth-order valence-electron chi connectivity index (χ4n) is 2.25. The van der Waals surface area contributed by atoms with E-state index in [0.29, 0.717) is 13.2 Å². The Morgan fingerprint density at radius 1 is 1.62 bits per heavy atom. The van der Waals surface area contributed by atoms with Gasteiger partial charge in [0.25, 0.3) is 0 Å². The molecule has 4 heteroatoms. The molecule has 2 saturated heterocycles. The summed E-state index contributed by atoms with van der Waals surface area (Å²) in [6, 6.07) is 0.146. The first-order valence-corrected chi connectivity index (χ1v) is 5.62. The van der Waals surface area contributed by atoms with Crippen LogP contribution in [0.3, 0.4) is 0 Å². The Morgan fingerprint density at radius 3 is 2.81 bits per heavy atom. The van der Waals surface area contributed by atoms with Gasteiger partial charge in [0, 0.05) is 6.42 Å². The topological polar surface area (TPSA) is 38.8 Å².